The summed E-state index contributed by atoms with van der Waals surface area (Å²) in [7, 11) is 0. The highest BCUT2D eigenvalue weighted by molar-refractivity contribution is 5.50. The molecule has 0 spiro atoms. The summed E-state index contributed by atoms with van der Waals surface area (Å²) >= 11 is 0. The van der Waals surface area contributed by atoms with E-state index >= 15 is 0 Å². The van der Waals surface area contributed by atoms with E-state index in [2.05, 4.69) is 10.3 Å². The summed E-state index contributed by atoms with van der Waals surface area (Å²) in [5.74, 6) is 0.596. The average molecular weight is 453 g/mol. The van der Waals surface area contributed by atoms with Gasteiger partial charge in [0.1, 0.15) is 30.0 Å². The van der Waals surface area contributed by atoms with Gasteiger partial charge in [-0.25, -0.2) is 4.79 Å². The Labute approximate surface area is 185 Å². The molecule has 3 aromatic rings. The molecule has 0 unspecified atom stereocenters. The standard InChI is InChI=1S/C22H14F3N5O3/c23-22(24,25)17-8-16(3-2-14(17)10-26)33-18-4-1-13(7-15(18)11-27)12-32-20-9-19-28-5-6-30(19)21(31)29-20/h1-4,7-9,28H,5-6,12H2. The van der Waals surface area contributed by atoms with E-state index in [9.17, 15) is 23.2 Å². The number of nitrogens with one attached hydrogen (secondary N) is 1. The van der Waals surface area contributed by atoms with Crippen LogP contribution in [0.1, 0.15) is 22.3 Å². The van der Waals surface area contributed by atoms with Gasteiger partial charge in [0.05, 0.1) is 22.8 Å². The predicted molar refractivity (Wildman–Crippen MR) is 109 cm³/mol. The van der Waals surface area contributed by atoms with Gasteiger partial charge >= 0.3 is 11.9 Å². The SMILES string of the molecule is N#Cc1cc(COc2cc3n(c(=O)n2)CCN3)ccc1Oc1ccc(C#N)c(C(F)(F)F)c1. The first-order valence-corrected chi connectivity index (χ1v) is 9.59. The number of benzene rings is 2. The van der Waals surface area contributed by atoms with Crippen molar-refractivity contribution in [3.63, 3.8) is 0 Å². The number of aromatic nitrogens is 2. The van der Waals surface area contributed by atoms with Crippen molar-refractivity contribution in [2.24, 2.45) is 0 Å². The molecular weight excluding hydrogens is 439 g/mol. The maximum Gasteiger partial charge on any atom is 0.417 e. The summed E-state index contributed by atoms with van der Waals surface area (Å²) in [4.78, 5) is 15.8. The van der Waals surface area contributed by atoms with Gasteiger partial charge in [0.2, 0.25) is 5.88 Å². The quantitative estimate of drug-likeness (QED) is 0.625. The number of hydrogen-bond acceptors (Lipinski definition) is 7. The molecule has 1 N–H and O–H groups in total. The second-order valence-corrected chi connectivity index (χ2v) is 6.99. The van der Waals surface area contributed by atoms with Gasteiger partial charge < -0.3 is 14.8 Å². The Hall–Kier alpha value is -4.51. The van der Waals surface area contributed by atoms with Gasteiger partial charge in [0, 0.05) is 19.2 Å². The van der Waals surface area contributed by atoms with E-state index in [0.29, 0.717) is 30.5 Å². The lowest BCUT2D eigenvalue weighted by molar-refractivity contribution is -0.137. The van der Waals surface area contributed by atoms with Crippen molar-refractivity contribution in [3.8, 4) is 29.5 Å². The van der Waals surface area contributed by atoms with Crippen LogP contribution in [0, 0.1) is 22.7 Å². The first kappa shape index (κ1) is 21.7. The van der Waals surface area contributed by atoms with E-state index in [1.165, 1.54) is 28.8 Å². The van der Waals surface area contributed by atoms with Crippen LogP contribution in [0.2, 0.25) is 0 Å². The third kappa shape index (κ3) is 4.57. The number of halogens is 3. The Morgan fingerprint density at radius 3 is 2.61 bits per heavy atom. The molecule has 0 atom stereocenters. The van der Waals surface area contributed by atoms with E-state index in [4.69, 9.17) is 14.7 Å². The smallest absolute Gasteiger partial charge is 0.417 e. The van der Waals surface area contributed by atoms with Gasteiger partial charge in [0.25, 0.3) is 0 Å². The normalized spacial score (nSPS) is 12.3. The van der Waals surface area contributed by atoms with Crippen LogP contribution < -0.4 is 20.5 Å². The second-order valence-electron chi connectivity index (χ2n) is 6.99. The molecule has 11 heteroatoms. The number of rotatable bonds is 5. The molecule has 2 heterocycles. The molecule has 1 aliphatic heterocycles. The third-order valence-corrected chi connectivity index (χ3v) is 4.83. The van der Waals surface area contributed by atoms with Gasteiger partial charge in [-0.3, -0.25) is 4.57 Å². The van der Waals surface area contributed by atoms with Gasteiger partial charge in [0.15, 0.2) is 0 Å². The number of alkyl halides is 3. The van der Waals surface area contributed by atoms with Crippen LogP contribution in [0.4, 0.5) is 19.0 Å². The minimum absolute atomic E-state index is 0.0000579. The minimum atomic E-state index is -4.73. The lowest BCUT2D eigenvalue weighted by Crippen LogP contribution is -2.21. The second kappa shape index (κ2) is 8.55. The molecule has 0 aliphatic carbocycles. The van der Waals surface area contributed by atoms with Crippen LogP contribution in [0.3, 0.4) is 0 Å². The molecule has 0 fully saturated rings. The fourth-order valence-corrected chi connectivity index (χ4v) is 3.26. The van der Waals surface area contributed by atoms with Crippen LogP contribution in [-0.4, -0.2) is 16.1 Å². The monoisotopic (exact) mass is 453 g/mol. The van der Waals surface area contributed by atoms with Crippen LogP contribution in [0.15, 0.2) is 47.3 Å². The highest BCUT2D eigenvalue weighted by atomic mass is 19.4. The molecule has 0 saturated heterocycles. The van der Waals surface area contributed by atoms with E-state index in [1.54, 1.807) is 12.1 Å². The lowest BCUT2D eigenvalue weighted by atomic mass is 10.1. The van der Waals surface area contributed by atoms with Crippen LogP contribution in [0.5, 0.6) is 17.4 Å². The van der Waals surface area contributed by atoms with Gasteiger partial charge in [-0.05, 0) is 35.9 Å². The summed E-state index contributed by atoms with van der Waals surface area (Å²) in [5.41, 5.74) is -1.46. The fourth-order valence-electron chi connectivity index (χ4n) is 3.26. The third-order valence-electron chi connectivity index (χ3n) is 4.83. The Morgan fingerprint density at radius 1 is 1.09 bits per heavy atom. The molecule has 4 rings (SSSR count). The zero-order valence-corrected chi connectivity index (χ0v) is 16.8. The Morgan fingerprint density at radius 2 is 1.88 bits per heavy atom. The molecule has 1 aliphatic rings. The van der Waals surface area contributed by atoms with Gasteiger partial charge in [-0.2, -0.15) is 28.7 Å². The minimum Gasteiger partial charge on any atom is -0.473 e. The Bertz CT molecular complexity index is 1370. The van der Waals surface area contributed by atoms with Crippen molar-refractivity contribution in [1.82, 2.24) is 9.55 Å². The number of hydrogen-bond donors (Lipinski definition) is 1. The van der Waals surface area contributed by atoms with Crippen LogP contribution in [0.25, 0.3) is 0 Å². The number of nitrogens with zero attached hydrogens (tertiary/aromatic N) is 4. The first-order chi connectivity index (χ1) is 15.8. The van der Waals surface area contributed by atoms with Crippen LogP contribution >= 0.6 is 0 Å². The van der Waals surface area contributed by atoms with Gasteiger partial charge in [-0.1, -0.05) is 6.07 Å². The van der Waals surface area contributed by atoms with E-state index in [0.717, 1.165) is 6.07 Å². The van der Waals surface area contributed by atoms with Crippen molar-refractivity contribution in [2.75, 3.05) is 11.9 Å². The zero-order chi connectivity index (χ0) is 23.6. The molecule has 33 heavy (non-hydrogen) atoms. The molecule has 0 saturated carbocycles. The van der Waals surface area contributed by atoms with Gasteiger partial charge in [-0.15, -0.1) is 0 Å². The topological polar surface area (TPSA) is 113 Å². The predicted octanol–water partition coefficient (Wildman–Crippen LogP) is 3.80. The lowest BCUT2D eigenvalue weighted by Gasteiger charge is -2.13. The number of fused-ring (bicyclic) bond motifs is 1. The first-order valence-electron chi connectivity index (χ1n) is 9.59. The molecule has 0 bridgehead atoms. The molecule has 166 valence electrons. The maximum absolute atomic E-state index is 13.2. The molecular formula is C22H14F3N5O3. The molecule has 0 amide bonds. The highest BCUT2D eigenvalue weighted by Gasteiger charge is 2.34. The van der Waals surface area contributed by atoms with Crippen molar-refractivity contribution < 1.29 is 22.6 Å². The van der Waals surface area contributed by atoms with Crippen LogP contribution in [-0.2, 0) is 19.3 Å². The van der Waals surface area contributed by atoms with E-state index in [-0.39, 0.29) is 29.5 Å². The Kier molecular flexibility index (Phi) is 5.63. The highest BCUT2D eigenvalue weighted by Crippen LogP contribution is 2.36. The molecule has 2 aromatic carbocycles. The Balaban J connectivity index is 1.52. The van der Waals surface area contributed by atoms with E-state index < -0.39 is 23.0 Å². The summed E-state index contributed by atoms with van der Waals surface area (Å²) < 4.78 is 52.1. The van der Waals surface area contributed by atoms with E-state index in [1.807, 2.05) is 6.07 Å². The summed E-state index contributed by atoms with van der Waals surface area (Å²) in [6.45, 7) is 1.15. The number of nitriles is 2. The van der Waals surface area contributed by atoms with Crippen molar-refractivity contribution in [1.29, 1.82) is 10.5 Å². The van der Waals surface area contributed by atoms with Crippen molar-refractivity contribution in [3.05, 3.63) is 75.2 Å². The largest absolute Gasteiger partial charge is 0.473 e. The van der Waals surface area contributed by atoms with Crippen molar-refractivity contribution in [2.45, 2.75) is 19.3 Å². The summed E-state index contributed by atoms with van der Waals surface area (Å²) in [6.07, 6.45) is -4.73. The molecule has 0 radical (unpaired) electrons. The summed E-state index contributed by atoms with van der Waals surface area (Å²) in [6, 6.07) is 12.4. The van der Waals surface area contributed by atoms with Crippen molar-refractivity contribution >= 4 is 5.82 Å². The average Bonchev–Trinajstić information content (AvgIpc) is 3.27. The molecule has 8 nitrogen and oxygen atoms in total. The summed E-state index contributed by atoms with van der Waals surface area (Å²) in [5, 5.41) is 21.4. The maximum atomic E-state index is 13.2. The number of anilines is 1. The zero-order valence-electron chi connectivity index (χ0n) is 16.8. The fraction of sp³-hybridized carbons (Fsp3) is 0.182. The number of ether oxygens (including phenoxy) is 2. The molecule has 1 aromatic heterocycles.